The van der Waals surface area contributed by atoms with Crippen molar-refractivity contribution < 1.29 is 24.2 Å². The first-order valence-corrected chi connectivity index (χ1v) is 3.75. The summed E-state index contributed by atoms with van der Waals surface area (Å²) in [5.41, 5.74) is 5.68. The van der Waals surface area contributed by atoms with E-state index in [0.717, 1.165) is 0 Å². The van der Waals surface area contributed by atoms with Crippen molar-refractivity contribution in [3.8, 4) is 0 Å². The van der Waals surface area contributed by atoms with Crippen molar-refractivity contribution in [1.82, 2.24) is 0 Å². The Kier molecular flexibility index (Phi) is 2.57. The van der Waals surface area contributed by atoms with E-state index in [1.165, 1.54) is 13.0 Å². The normalized spacial score (nSPS) is 12.4. The zero-order valence-corrected chi connectivity index (χ0v) is 7.35. The van der Waals surface area contributed by atoms with Gasteiger partial charge in [0.25, 0.3) is 0 Å². The maximum atomic E-state index is 10.5. The average Bonchev–Trinajstić information content (AvgIpc) is 2.46. The summed E-state index contributed by atoms with van der Waals surface area (Å²) in [6.07, 6.45) is 0. The molecule has 0 amide bonds. The van der Waals surface area contributed by atoms with Crippen molar-refractivity contribution in [2.45, 2.75) is 13.0 Å². The number of nitrogens with two attached hydrogens (primary N) is 1. The van der Waals surface area contributed by atoms with Crippen molar-refractivity contribution in [2.75, 3.05) is 0 Å². The first-order chi connectivity index (χ1) is 6.43. The molecule has 1 aromatic heterocycles. The van der Waals surface area contributed by atoms with Crippen LogP contribution in [0, 0.1) is 6.92 Å². The standard InChI is InChI=1S/C8H9NO5/c1-3-2-4(7(10)11)14-6(3)5(9)8(12)13/h2,5H,9H2,1H3,(H,10,11)(H,12,13). The van der Waals surface area contributed by atoms with Crippen molar-refractivity contribution >= 4 is 11.9 Å². The van der Waals surface area contributed by atoms with Gasteiger partial charge in [-0.2, -0.15) is 0 Å². The number of carboxylic acids is 2. The molecular weight excluding hydrogens is 190 g/mol. The Labute approximate surface area is 78.9 Å². The minimum Gasteiger partial charge on any atom is -0.480 e. The van der Waals surface area contributed by atoms with Gasteiger partial charge in [0, 0.05) is 0 Å². The Bertz CT molecular complexity index is 381. The van der Waals surface area contributed by atoms with E-state index in [-0.39, 0.29) is 11.5 Å². The molecule has 1 unspecified atom stereocenters. The topological polar surface area (TPSA) is 114 Å². The molecule has 1 heterocycles. The maximum absolute atomic E-state index is 10.5. The van der Waals surface area contributed by atoms with Crippen LogP contribution in [0.25, 0.3) is 0 Å². The van der Waals surface area contributed by atoms with Gasteiger partial charge >= 0.3 is 11.9 Å². The molecule has 1 atom stereocenters. The van der Waals surface area contributed by atoms with E-state index in [1.54, 1.807) is 0 Å². The molecule has 0 saturated carbocycles. The van der Waals surface area contributed by atoms with Crippen LogP contribution in [0.5, 0.6) is 0 Å². The van der Waals surface area contributed by atoms with E-state index in [1.807, 2.05) is 0 Å². The van der Waals surface area contributed by atoms with E-state index in [4.69, 9.17) is 20.4 Å². The van der Waals surface area contributed by atoms with Crippen LogP contribution in [-0.2, 0) is 4.79 Å². The van der Waals surface area contributed by atoms with Crippen molar-refractivity contribution in [1.29, 1.82) is 0 Å². The summed E-state index contributed by atoms with van der Waals surface area (Å²) in [4.78, 5) is 21.0. The third-order valence-electron chi connectivity index (χ3n) is 1.72. The lowest BCUT2D eigenvalue weighted by molar-refractivity contribution is -0.139. The maximum Gasteiger partial charge on any atom is 0.371 e. The number of furan rings is 1. The summed E-state index contributed by atoms with van der Waals surface area (Å²) in [6, 6.07) is -0.0939. The number of carboxylic acid groups (broad SMARTS) is 2. The molecule has 0 bridgehead atoms. The van der Waals surface area contributed by atoms with Crippen molar-refractivity contribution in [3.63, 3.8) is 0 Å². The molecule has 0 aliphatic carbocycles. The fourth-order valence-electron chi connectivity index (χ4n) is 1.02. The van der Waals surface area contributed by atoms with Gasteiger partial charge in [-0.3, -0.25) is 4.79 Å². The second-order valence-corrected chi connectivity index (χ2v) is 2.78. The number of aliphatic carboxylic acids is 1. The van der Waals surface area contributed by atoms with E-state index >= 15 is 0 Å². The van der Waals surface area contributed by atoms with Gasteiger partial charge in [-0.1, -0.05) is 0 Å². The van der Waals surface area contributed by atoms with Crippen LogP contribution in [-0.4, -0.2) is 22.2 Å². The van der Waals surface area contributed by atoms with Crippen molar-refractivity contribution in [3.05, 3.63) is 23.2 Å². The van der Waals surface area contributed by atoms with Gasteiger partial charge in [0.05, 0.1) is 0 Å². The Morgan fingerprint density at radius 1 is 1.50 bits per heavy atom. The molecule has 0 aliphatic heterocycles. The molecular formula is C8H9NO5. The van der Waals surface area contributed by atoms with Gasteiger partial charge in [0.15, 0.2) is 6.04 Å². The fraction of sp³-hybridized carbons (Fsp3) is 0.250. The van der Waals surface area contributed by atoms with E-state index < -0.39 is 18.0 Å². The number of carbonyl (C=O) groups is 2. The predicted octanol–water partition coefficient (Wildman–Crippen LogP) is 0.371. The number of hydrogen-bond acceptors (Lipinski definition) is 4. The van der Waals surface area contributed by atoms with Crippen LogP contribution < -0.4 is 5.73 Å². The summed E-state index contributed by atoms with van der Waals surface area (Å²) in [5.74, 6) is -2.86. The third kappa shape index (κ3) is 1.74. The molecule has 0 aromatic carbocycles. The lowest BCUT2D eigenvalue weighted by atomic mass is 10.1. The Morgan fingerprint density at radius 3 is 2.43 bits per heavy atom. The highest BCUT2D eigenvalue weighted by atomic mass is 16.4. The molecule has 4 N–H and O–H groups in total. The van der Waals surface area contributed by atoms with Crippen LogP contribution in [0.1, 0.15) is 27.9 Å². The van der Waals surface area contributed by atoms with Crippen LogP contribution >= 0.6 is 0 Å². The van der Waals surface area contributed by atoms with E-state index in [2.05, 4.69) is 0 Å². The lowest BCUT2D eigenvalue weighted by Gasteiger charge is -2.02. The molecule has 0 fully saturated rings. The largest absolute Gasteiger partial charge is 0.480 e. The minimum absolute atomic E-state index is 0.0325. The number of hydrogen-bond donors (Lipinski definition) is 3. The van der Waals surface area contributed by atoms with Gasteiger partial charge < -0.3 is 20.4 Å². The van der Waals surface area contributed by atoms with Crippen LogP contribution in [0.15, 0.2) is 10.5 Å². The molecule has 76 valence electrons. The van der Waals surface area contributed by atoms with Gasteiger partial charge in [-0.15, -0.1) is 0 Å². The molecule has 14 heavy (non-hydrogen) atoms. The molecule has 0 aliphatic rings. The summed E-state index contributed by atoms with van der Waals surface area (Å²) >= 11 is 0. The smallest absolute Gasteiger partial charge is 0.371 e. The SMILES string of the molecule is Cc1cc(C(=O)O)oc1C(N)C(=O)O. The highest BCUT2D eigenvalue weighted by Crippen LogP contribution is 2.20. The Morgan fingerprint density at radius 2 is 2.07 bits per heavy atom. The van der Waals surface area contributed by atoms with Crippen molar-refractivity contribution in [2.24, 2.45) is 5.73 Å². The highest BCUT2D eigenvalue weighted by Gasteiger charge is 2.23. The van der Waals surface area contributed by atoms with E-state index in [9.17, 15) is 9.59 Å². The molecule has 6 nitrogen and oxygen atoms in total. The Balaban J connectivity index is 3.10. The fourth-order valence-corrected chi connectivity index (χ4v) is 1.02. The minimum atomic E-state index is -1.33. The molecule has 1 aromatic rings. The number of aromatic carboxylic acids is 1. The van der Waals surface area contributed by atoms with Gasteiger partial charge in [-0.05, 0) is 18.6 Å². The second-order valence-electron chi connectivity index (χ2n) is 2.78. The summed E-state index contributed by atoms with van der Waals surface area (Å²) in [5, 5.41) is 17.1. The van der Waals surface area contributed by atoms with Crippen LogP contribution in [0.2, 0.25) is 0 Å². The van der Waals surface area contributed by atoms with Gasteiger partial charge in [-0.25, -0.2) is 4.79 Å². The summed E-state index contributed by atoms with van der Waals surface area (Å²) in [7, 11) is 0. The van der Waals surface area contributed by atoms with Gasteiger partial charge in [0.1, 0.15) is 5.76 Å². The predicted molar refractivity (Wildman–Crippen MR) is 45.0 cm³/mol. The van der Waals surface area contributed by atoms with Gasteiger partial charge in [0.2, 0.25) is 5.76 Å². The zero-order chi connectivity index (χ0) is 10.9. The van der Waals surface area contributed by atoms with Crippen LogP contribution in [0.3, 0.4) is 0 Å². The third-order valence-corrected chi connectivity index (χ3v) is 1.72. The molecule has 0 radical (unpaired) electrons. The number of aryl methyl sites for hydroxylation is 1. The highest BCUT2D eigenvalue weighted by molar-refractivity contribution is 5.85. The quantitative estimate of drug-likeness (QED) is 0.648. The molecule has 6 heteroatoms. The first-order valence-electron chi connectivity index (χ1n) is 3.75. The molecule has 0 saturated heterocycles. The zero-order valence-electron chi connectivity index (χ0n) is 7.35. The monoisotopic (exact) mass is 199 g/mol. The van der Waals surface area contributed by atoms with Crippen LogP contribution in [0.4, 0.5) is 0 Å². The Hall–Kier alpha value is -1.82. The first kappa shape index (κ1) is 10.3. The second kappa shape index (κ2) is 3.51. The number of rotatable bonds is 3. The molecule has 0 spiro atoms. The average molecular weight is 199 g/mol. The molecule has 1 rings (SSSR count). The summed E-state index contributed by atoms with van der Waals surface area (Å²) in [6.45, 7) is 1.54. The lowest BCUT2D eigenvalue weighted by Crippen LogP contribution is -2.20. The summed E-state index contributed by atoms with van der Waals surface area (Å²) < 4.78 is 4.79. The van der Waals surface area contributed by atoms with E-state index in [0.29, 0.717) is 5.56 Å².